The minimum absolute atomic E-state index is 0.0109. The molecule has 0 aromatic carbocycles. The molecule has 1 fully saturated rings. The summed E-state index contributed by atoms with van der Waals surface area (Å²) in [5.74, 6) is 0.532. The monoisotopic (exact) mass is 240 g/mol. The normalized spacial score (nSPS) is 21.1. The Kier molecular flexibility index (Phi) is 6.01. The molecule has 98 valence electrons. The number of nitrogens with one attached hydrogen (secondary N) is 2. The topological polar surface area (TPSA) is 58.2 Å². The molecule has 0 unspecified atom stereocenters. The predicted octanol–water partition coefficient (Wildman–Crippen LogP) is 1.60. The first kappa shape index (κ1) is 14.0. The smallest absolute Gasteiger partial charge is 0.242 e. The fourth-order valence-corrected chi connectivity index (χ4v) is 2.12. The lowest BCUT2D eigenvalue weighted by molar-refractivity contribution is -0.125. The van der Waals surface area contributed by atoms with E-state index in [-0.39, 0.29) is 17.9 Å². The first-order chi connectivity index (χ1) is 8.17. The highest BCUT2D eigenvalue weighted by molar-refractivity contribution is 5.90. The Morgan fingerprint density at radius 1 is 1.53 bits per heavy atom. The van der Waals surface area contributed by atoms with Crippen molar-refractivity contribution < 1.29 is 9.59 Å². The van der Waals surface area contributed by atoms with E-state index < -0.39 is 0 Å². The van der Waals surface area contributed by atoms with Crippen molar-refractivity contribution in [3.8, 4) is 0 Å². The van der Waals surface area contributed by atoms with Crippen LogP contribution in [0.1, 0.15) is 52.4 Å². The molecule has 1 heterocycles. The zero-order chi connectivity index (χ0) is 12.7. The molecule has 17 heavy (non-hydrogen) atoms. The average molecular weight is 240 g/mol. The van der Waals surface area contributed by atoms with Crippen LogP contribution in [0.5, 0.6) is 0 Å². The van der Waals surface area contributed by atoms with Crippen LogP contribution in [-0.4, -0.2) is 24.4 Å². The molecule has 1 saturated heterocycles. The summed E-state index contributed by atoms with van der Waals surface area (Å²) in [6, 6.07) is -0.300. The largest absolute Gasteiger partial charge is 0.354 e. The van der Waals surface area contributed by atoms with E-state index in [1.807, 2.05) is 0 Å². The van der Waals surface area contributed by atoms with Crippen LogP contribution < -0.4 is 10.6 Å². The first-order valence-corrected chi connectivity index (χ1v) is 6.74. The van der Waals surface area contributed by atoms with E-state index in [9.17, 15) is 9.59 Å². The van der Waals surface area contributed by atoms with Crippen LogP contribution >= 0.6 is 0 Å². The van der Waals surface area contributed by atoms with Crippen LogP contribution in [0.3, 0.4) is 0 Å². The van der Waals surface area contributed by atoms with Gasteiger partial charge in [0.1, 0.15) is 6.04 Å². The first-order valence-electron chi connectivity index (χ1n) is 6.74. The molecule has 0 saturated carbocycles. The van der Waals surface area contributed by atoms with Crippen LogP contribution in [0.15, 0.2) is 0 Å². The van der Waals surface area contributed by atoms with E-state index in [2.05, 4.69) is 24.5 Å². The van der Waals surface area contributed by atoms with Crippen molar-refractivity contribution in [3.05, 3.63) is 0 Å². The zero-order valence-electron chi connectivity index (χ0n) is 10.9. The van der Waals surface area contributed by atoms with E-state index in [0.29, 0.717) is 18.8 Å². The lowest BCUT2D eigenvalue weighted by Gasteiger charge is -2.17. The maximum absolute atomic E-state index is 11.8. The molecule has 2 amide bonds. The molecule has 0 aliphatic carbocycles. The van der Waals surface area contributed by atoms with E-state index in [1.54, 1.807) is 0 Å². The third-order valence-corrected chi connectivity index (χ3v) is 3.42. The number of carbonyl (C=O) groups is 2. The van der Waals surface area contributed by atoms with E-state index >= 15 is 0 Å². The van der Waals surface area contributed by atoms with Gasteiger partial charge in [-0.05, 0) is 18.8 Å². The Morgan fingerprint density at radius 3 is 2.82 bits per heavy atom. The second-order valence-corrected chi connectivity index (χ2v) is 4.82. The number of unbranched alkanes of at least 4 members (excludes halogenated alkanes) is 1. The highest BCUT2D eigenvalue weighted by atomic mass is 16.2. The maximum atomic E-state index is 11.8. The molecule has 1 aliphatic heterocycles. The van der Waals surface area contributed by atoms with Gasteiger partial charge >= 0.3 is 0 Å². The molecule has 0 radical (unpaired) electrons. The third kappa shape index (κ3) is 4.75. The standard InChI is InChI=1S/C13H24N2O2/c1-3-5-6-10(4-2)9-14-13(17)11-7-8-12(16)15-11/h10-11H,3-9H2,1-2H3,(H,14,17)(H,15,16)/t10-,11+/m0/s1. The molecular formula is C13H24N2O2. The Balaban J connectivity index is 2.23. The van der Waals surface area contributed by atoms with Gasteiger partial charge in [-0.25, -0.2) is 0 Å². The van der Waals surface area contributed by atoms with Gasteiger partial charge in [-0.15, -0.1) is 0 Å². The van der Waals surface area contributed by atoms with Crippen molar-refractivity contribution in [2.75, 3.05) is 6.54 Å². The Morgan fingerprint density at radius 2 is 2.29 bits per heavy atom. The molecule has 0 bridgehead atoms. The second kappa shape index (κ2) is 7.30. The predicted molar refractivity (Wildman–Crippen MR) is 67.5 cm³/mol. The summed E-state index contributed by atoms with van der Waals surface area (Å²) in [6.07, 6.45) is 5.79. The highest BCUT2D eigenvalue weighted by Gasteiger charge is 2.27. The molecule has 4 heteroatoms. The van der Waals surface area contributed by atoms with Crippen molar-refractivity contribution in [1.82, 2.24) is 10.6 Å². The van der Waals surface area contributed by atoms with Gasteiger partial charge in [-0.1, -0.05) is 33.1 Å². The zero-order valence-corrected chi connectivity index (χ0v) is 10.9. The van der Waals surface area contributed by atoms with Crippen LogP contribution in [0, 0.1) is 5.92 Å². The summed E-state index contributed by atoms with van der Waals surface area (Å²) in [7, 11) is 0. The summed E-state index contributed by atoms with van der Waals surface area (Å²) < 4.78 is 0. The Bertz CT molecular complexity index is 266. The molecule has 0 spiro atoms. The lowest BCUT2D eigenvalue weighted by atomic mass is 9.99. The quantitative estimate of drug-likeness (QED) is 0.710. The van der Waals surface area contributed by atoms with Gasteiger partial charge < -0.3 is 10.6 Å². The minimum atomic E-state index is -0.300. The minimum Gasteiger partial charge on any atom is -0.354 e. The second-order valence-electron chi connectivity index (χ2n) is 4.82. The number of amides is 2. The van der Waals surface area contributed by atoms with E-state index in [0.717, 1.165) is 13.0 Å². The van der Waals surface area contributed by atoms with Gasteiger partial charge in [0.15, 0.2) is 0 Å². The molecular weight excluding hydrogens is 216 g/mol. The third-order valence-electron chi connectivity index (χ3n) is 3.42. The highest BCUT2D eigenvalue weighted by Crippen LogP contribution is 2.12. The molecule has 4 nitrogen and oxygen atoms in total. The van der Waals surface area contributed by atoms with Crippen molar-refractivity contribution in [1.29, 1.82) is 0 Å². The maximum Gasteiger partial charge on any atom is 0.242 e. The number of hydrogen-bond acceptors (Lipinski definition) is 2. The number of rotatable bonds is 7. The average Bonchev–Trinajstić information content (AvgIpc) is 2.76. The fraction of sp³-hybridized carbons (Fsp3) is 0.846. The van der Waals surface area contributed by atoms with Gasteiger partial charge in [0.05, 0.1) is 0 Å². The molecule has 2 atom stereocenters. The molecule has 0 aromatic rings. The van der Waals surface area contributed by atoms with Crippen molar-refractivity contribution >= 4 is 11.8 Å². The fourth-order valence-electron chi connectivity index (χ4n) is 2.12. The summed E-state index contributed by atoms with van der Waals surface area (Å²) in [5, 5.41) is 5.64. The van der Waals surface area contributed by atoms with Gasteiger partial charge in [0.2, 0.25) is 11.8 Å². The molecule has 0 aromatic heterocycles. The molecule has 1 rings (SSSR count). The Hall–Kier alpha value is -1.06. The van der Waals surface area contributed by atoms with Crippen LogP contribution in [0.2, 0.25) is 0 Å². The Labute approximate surface area is 104 Å². The van der Waals surface area contributed by atoms with E-state index in [4.69, 9.17) is 0 Å². The SMILES string of the molecule is CCCC[C@H](CC)CNC(=O)[C@H]1CCC(=O)N1. The number of carbonyl (C=O) groups excluding carboxylic acids is 2. The van der Waals surface area contributed by atoms with Crippen LogP contribution in [0.4, 0.5) is 0 Å². The summed E-state index contributed by atoms with van der Waals surface area (Å²) in [6.45, 7) is 5.07. The van der Waals surface area contributed by atoms with Gasteiger partial charge in [0, 0.05) is 13.0 Å². The molecule has 2 N–H and O–H groups in total. The summed E-state index contributed by atoms with van der Waals surface area (Å²) in [4.78, 5) is 22.8. The summed E-state index contributed by atoms with van der Waals surface area (Å²) >= 11 is 0. The summed E-state index contributed by atoms with van der Waals surface area (Å²) in [5.41, 5.74) is 0. The van der Waals surface area contributed by atoms with Crippen molar-refractivity contribution in [2.45, 2.75) is 58.4 Å². The van der Waals surface area contributed by atoms with E-state index in [1.165, 1.54) is 19.3 Å². The number of hydrogen-bond donors (Lipinski definition) is 2. The van der Waals surface area contributed by atoms with Crippen LogP contribution in [-0.2, 0) is 9.59 Å². The lowest BCUT2D eigenvalue weighted by Crippen LogP contribution is -2.43. The van der Waals surface area contributed by atoms with Gasteiger partial charge in [-0.2, -0.15) is 0 Å². The van der Waals surface area contributed by atoms with Gasteiger partial charge in [0.25, 0.3) is 0 Å². The molecule has 1 aliphatic rings. The van der Waals surface area contributed by atoms with Crippen LogP contribution in [0.25, 0.3) is 0 Å². The van der Waals surface area contributed by atoms with Crippen molar-refractivity contribution in [3.63, 3.8) is 0 Å². The van der Waals surface area contributed by atoms with Gasteiger partial charge in [-0.3, -0.25) is 9.59 Å². The van der Waals surface area contributed by atoms with Crippen molar-refractivity contribution in [2.24, 2.45) is 5.92 Å².